The first-order chi connectivity index (χ1) is 19.9. The molecule has 8 nitrogen and oxygen atoms in total. The molecular weight excluding hydrogens is 516 g/mol. The molecule has 2 heterocycles. The van der Waals surface area contributed by atoms with E-state index < -0.39 is 5.97 Å². The lowest BCUT2D eigenvalue weighted by Gasteiger charge is -2.35. The summed E-state index contributed by atoms with van der Waals surface area (Å²) in [6.07, 6.45) is 1.96. The molecule has 0 aliphatic carbocycles. The Labute approximate surface area is 238 Å². The molecule has 0 unspecified atom stereocenters. The van der Waals surface area contributed by atoms with Gasteiger partial charge >= 0.3 is 5.97 Å². The number of aromatic nitrogens is 1. The number of pyridine rings is 1. The molecule has 5 rings (SSSR count). The fraction of sp³-hybridized carbons (Fsp3) is 0.212. The van der Waals surface area contributed by atoms with E-state index in [2.05, 4.69) is 10.2 Å². The molecule has 0 saturated carbocycles. The summed E-state index contributed by atoms with van der Waals surface area (Å²) in [5.74, 6) is -1.64. The van der Waals surface area contributed by atoms with Gasteiger partial charge in [-0.15, -0.1) is 0 Å². The standard InChI is InChI=1S/C33H32N4O4/c1-23(24-10-4-2-5-11-24)34-33(41)31-26-14-8-9-15-28(26)35-32(25-12-6-3-7-13-25)27(31)22-36-18-20-37(21-19-36)29(38)16-17-30(39)40/h2-17,23H,18-22H2,1H3,(H,34,41)(H,39,40)/b17-16-/t23-/m0/s1. The summed E-state index contributed by atoms with van der Waals surface area (Å²) in [7, 11) is 0. The highest BCUT2D eigenvalue weighted by atomic mass is 16.4. The van der Waals surface area contributed by atoms with Gasteiger partial charge in [0, 0.05) is 61.4 Å². The van der Waals surface area contributed by atoms with Gasteiger partial charge in [-0.2, -0.15) is 0 Å². The second-order valence-corrected chi connectivity index (χ2v) is 10.1. The lowest BCUT2D eigenvalue weighted by molar-refractivity contribution is -0.132. The van der Waals surface area contributed by atoms with E-state index in [0.29, 0.717) is 38.3 Å². The van der Waals surface area contributed by atoms with Crippen molar-refractivity contribution in [3.8, 4) is 11.3 Å². The minimum atomic E-state index is -1.15. The van der Waals surface area contributed by atoms with Crippen LogP contribution in [-0.2, 0) is 16.1 Å². The lowest BCUT2D eigenvalue weighted by Crippen LogP contribution is -2.48. The number of rotatable bonds is 8. The van der Waals surface area contributed by atoms with Gasteiger partial charge in [-0.1, -0.05) is 78.9 Å². The minimum Gasteiger partial charge on any atom is -0.478 e. The van der Waals surface area contributed by atoms with Crippen LogP contribution in [0.2, 0.25) is 0 Å². The highest BCUT2D eigenvalue weighted by molar-refractivity contribution is 6.09. The average molecular weight is 549 g/mol. The maximum absolute atomic E-state index is 14.1. The number of carboxylic acids is 1. The first-order valence-electron chi connectivity index (χ1n) is 13.7. The number of nitrogens with one attached hydrogen (secondary N) is 1. The van der Waals surface area contributed by atoms with Crippen LogP contribution in [-0.4, -0.2) is 63.9 Å². The maximum Gasteiger partial charge on any atom is 0.328 e. The van der Waals surface area contributed by atoms with Gasteiger partial charge in [-0.05, 0) is 18.6 Å². The number of carbonyl (C=O) groups excluding carboxylic acids is 2. The van der Waals surface area contributed by atoms with E-state index >= 15 is 0 Å². The number of carboxylic acid groups (broad SMARTS) is 1. The van der Waals surface area contributed by atoms with E-state index in [-0.39, 0.29) is 17.9 Å². The Morgan fingerprint density at radius 1 is 0.878 bits per heavy atom. The number of hydrogen-bond acceptors (Lipinski definition) is 5. The lowest BCUT2D eigenvalue weighted by atomic mass is 9.95. The molecular formula is C33H32N4O4. The van der Waals surface area contributed by atoms with Crippen molar-refractivity contribution in [3.63, 3.8) is 0 Å². The van der Waals surface area contributed by atoms with E-state index in [1.54, 1.807) is 4.90 Å². The van der Waals surface area contributed by atoms with Crippen molar-refractivity contribution >= 4 is 28.7 Å². The second kappa shape index (κ2) is 12.6. The first kappa shape index (κ1) is 27.7. The van der Waals surface area contributed by atoms with Crippen molar-refractivity contribution in [2.45, 2.75) is 19.5 Å². The zero-order chi connectivity index (χ0) is 28.8. The molecule has 3 aromatic carbocycles. The van der Waals surface area contributed by atoms with Crippen LogP contribution < -0.4 is 5.32 Å². The van der Waals surface area contributed by atoms with E-state index in [1.165, 1.54) is 0 Å². The molecule has 41 heavy (non-hydrogen) atoms. The summed E-state index contributed by atoms with van der Waals surface area (Å²) < 4.78 is 0. The van der Waals surface area contributed by atoms with Crippen LogP contribution in [0, 0.1) is 0 Å². The number of benzene rings is 3. The topological polar surface area (TPSA) is 103 Å². The van der Waals surface area contributed by atoms with Crippen molar-refractivity contribution in [2.24, 2.45) is 0 Å². The van der Waals surface area contributed by atoms with Gasteiger partial charge in [0.2, 0.25) is 5.91 Å². The summed E-state index contributed by atoms with van der Waals surface area (Å²) in [4.78, 5) is 46.2. The molecule has 2 N–H and O–H groups in total. The van der Waals surface area contributed by atoms with Gasteiger partial charge in [-0.25, -0.2) is 9.78 Å². The Kier molecular flexibility index (Phi) is 8.50. The third-order valence-electron chi connectivity index (χ3n) is 7.35. The number of piperazine rings is 1. The number of carbonyl (C=O) groups is 3. The van der Waals surface area contributed by atoms with Crippen LogP contribution in [0.15, 0.2) is 97.1 Å². The van der Waals surface area contributed by atoms with Crippen molar-refractivity contribution in [3.05, 3.63) is 114 Å². The summed E-state index contributed by atoms with van der Waals surface area (Å²) in [5, 5.41) is 12.8. The zero-order valence-electron chi connectivity index (χ0n) is 22.9. The van der Waals surface area contributed by atoms with Crippen LogP contribution >= 0.6 is 0 Å². The molecule has 4 aromatic rings. The Balaban J connectivity index is 1.51. The number of amides is 2. The highest BCUT2D eigenvalue weighted by Crippen LogP contribution is 2.32. The molecule has 1 saturated heterocycles. The largest absolute Gasteiger partial charge is 0.478 e. The maximum atomic E-state index is 14.1. The van der Waals surface area contributed by atoms with Crippen LogP contribution in [0.25, 0.3) is 22.2 Å². The molecule has 208 valence electrons. The second-order valence-electron chi connectivity index (χ2n) is 10.1. The van der Waals surface area contributed by atoms with Gasteiger partial charge in [0.15, 0.2) is 0 Å². The number of para-hydroxylation sites is 1. The smallest absolute Gasteiger partial charge is 0.328 e. The van der Waals surface area contributed by atoms with Crippen molar-refractivity contribution in [1.82, 2.24) is 20.1 Å². The molecule has 2 amide bonds. The van der Waals surface area contributed by atoms with Gasteiger partial charge < -0.3 is 15.3 Å². The number of hydrogen-bond donors (Lipinski definition) is 2. The quantitative estimate of drug-likeness (QED) is 0.310. The molecule has 0 bridgehead atoms. The summed E-state index contributed by atoms with van der Waals surface area (Å²) >= 11 is 0. The monoisotopic (exact) mass is 548 g/mol. The van der Waals surface area contributed by atoms with Crippen LogP contribution in [0.4, 0.5) is 0 Å². The van der Waals surface area contributed by atoms with Gasteiger partial charge in [0.1, 0.15) is 0 Å². The molecule has 8 heteroatoms. The number of aliphatic carboxylic acids is 1. The molecule has 1 atom stereocenters. The van der Waals surface area contributed by atoms with Crippen LogP contribution in [0.5, 0.6) is 0 Å². The third kappa shape index (κ3) is 6.50. The van der Waals surface area contributed by atoms with E-state index in [4.69, 9.17) is 10.1 Å². The predicted octanol–water partition coefficient (Wildman–Crippen LogP) is 4.68. The van der Waals surface area contributed by atoms with Crippen LogP contribution in [0.1, 0.15) is 34.5 Å². The van der Waals surface area contributed by atoms with E-state index in [9.17, 15) is 14.4 Å². The average Bonchev–Trinajstić information content (AvgIpc) is 3.00. The van der Waals surface area contributed by atoms with Crippen molar-refractivity contribution < 1.29 is 19.5 Å². The van der Waals surface area contributed by atoms with Crippen LogP contribution in [0.3, 0.4) is 0 Å². The van der Waals surface area contributed by atoms with E-state index in [1.807, 2.05) is 91.9 Å². The Morgan fingerprint density at radius 3 is 2.20 bits per heavy atom. The highest BCUT2D eigenvalue weighted by Gasteiger charge is 2.26. The van der Waals surface area contributed by atoms with Gasteiger partial charge in [0.25, 0.3) is 5.91 Å². The molecule has 0 radical (unpaired) electrons. The number of nitrogens with zero attached hydrogens (tertiary/aromatic N) is 3. The fourth-order valence-corrected chi connectivity index (χ4v) is 5.19. The number of fused-ring (bicyclic) bond motifs is 1. The molecule has 1 fully saturated rings. The Morgan fingerprint density at radius 2 is 1.51 bits per heavy atom. The normalized spacial score (nSPS) is 14.7. The summed E-state index contributed by atoms with van der Waals surface area (Å²) in [6.45, 7) is 4.51. The Bertz CT molecular complexity index is 1580. The van der Waals surface area contributed by atoms with Gasteiger partial charge in [0.05, 0.1) is 22.8 Å². The third-order valence-corrected chi connectivity index (χ3v) is 7.35. The summed E-state index contributed by atoms with van der Waals surface area (Å²) in [5.41, 5.74) is 4.86. The predicted molar refractivity (Wildman–Crippen MR) is 158 cm³/mol. The zero-order valence-corrected chi connectivity index (χ0v) is 22.9. The van der Waals surface area contributed by atoms with Crippen molar-refractivity contribution in [1.29, 1.82) is 0 Å². The molecule has 1 aliphatic rings. The van der Waals surface area contributed by atoms with Crippen molar-refractivity contribution in [2.75, 3.05) is 26.2 Å². The minimum absolute atomic E-state index is 0.167. The molecule has 1 aliphatic heterocycles. The van der Waals surface area contributed by atoms with E-state index in [0.717, 1.165) is 45.4 Å². The Hall–Kier alpha value is -4.82. The van der Waals surface area contributed by atoms with Gasteiger partial charge in [-0.3, -0.25) is 14.5 Å². The first-order valence-corrected chi connectivity index (χ1v) is 13.7. The SMILES string of the molecule is C[C@H](NC(=O)c1c(CN2CCN(C(=O)/C=C\C(=O)O)CC2)c(-c2ccccc2)nc2ccccc12)c1ccccc1. The fourth-order valence-electron chi connectivity index (χ4n) is 5.19. The summed E-state index contributed by atoms with van der Waals surface area (Å²) in [6, 6.07) is 27.3. The molecule has 0 spiro atoms. The molecule has 1 aromatic heterocycles.